The van der Waals surface area contributed by atoms with Crippen molar-refractivity contribution < 1.29 is 4.52 Å². The summed E-state index contributed by atoms with van der Waals surface area (Å²) in [7, 11) is 0. The van der Waals surface area contributed by atoms with Crippen molar-refractivity contribution in [3.05, 3.63) is 41.0 Å². The maximum absolute atomic E-state index is 5.82. The van der Waals surface area contributed by atoms with Gasteiger partial charge in [0.15, 0.2) is 5.82 Å². The van der Waals surface area contributed by atoms with E-state index in [9.17, 15) is 0 Å². The highest BCUT2D eigenvalue weighted by Gasteiger charge is 2.05. The molecule has 0 aliphatic carbocycles. The van der Waals surface area contributed by atoms with Crippen molar-refractivity contribution in [2.75, 3.05) is 0 Å². The number of benzene rings is 1. The molecule has 3 nitrogen and oxygen atoms in total. The van der Waals surface area contributed by atoms with E-state index in [-0.39, 0.29) is 0 Å². The number of rotatable bonds is 5. The number of hydrogen-bond acceptors (Lipinski definition) is 4. The van der Waals surface area contributed by atoms with E-state index in [1.165, 1.54) is 0 Å². The summed E-state index contributed by atoms with van der Waals surface area (Å²) >= 11 is 7.48. The zero-order valence-electron chi connectivity index (χ0n) is 9.52. The van der Waals surface area contributed by atoms with Crippen LogP contribution in [0.2, 0.25) is 5.02 Å². The van der Waals surface area contributed by atoms with Crippen LogP contribution >= 0.6 is 23.4 Å². The van der Waals surface area contributed by atoms with Gasteiger partial charge in [-0.3, -0.25) is 0 Å². The molecule has 0 saturated carbocycles. The molecule has 0 atom stereocenters. The fourth-order valence-electron chi connectivity index (χ4n) is 1.35. The fourth-order valence-corrected chi connectivity index (χ4v) is 2.21. The molecule has 17 heavy (non-hydrogen) atoms. The van der Waals surface area contributed by atoms with Gasteiger partial charge in [0.05, 0.1) is 5.75 Å². The average molecular weight is 269 g/mol. The Labute approximate surface area is 110 Å². The molecule has 0 aliphatic heterocycles. The Hall–Kier alpha value is -1.00. The maximum Gasteiger partial charge on any atom is 0.237 e. The lowest BCUT2D eigenvalue weighted by atomic mass is 10.3. The molecule has 0 aliphatic rings. The number of halogens is 1. The van der Waals surface area contributed by atoms with E-state index in [1.54, 1.807) is 11.8 Å². The molecule has 0 bridgehead atoms. The highest BCUT2D eigenvalue weighted by atomic mass is 35.5. The van der Waals surface area contributed by atoms with Crippen LogP contribution in [-0.2, 0) is 12.2 Å². The van der Waals surface area contributed by atoms with Crippen LogP contribution in [0, 0.1) is 0 Å². The molecule has 1 aromatic heterocycles. The molecule has 0 amide bonds. The molecule has 90 valence electrons. The Bertz CT molecular complexity index is 470. The first-order chi connectivity index (χ1) is 8.28. The van der Waals surface area contributed by atoms with Gasteiger partial charge in [0.25, 0.3) is 0 Å². The van der Waals surface area contributed by atoms with Gasteiger partial charge < -0.3 is 4.52 Å². The minimum Gasteiger partial charge on any atom is -0.338 e. The lowest BCUT2D eigenvalue weighted by molar-refractivity contribution is 0.384. The minimum absolute atomic E-state index is 0.674. The first kappa shape index (κ1) is 12.5. The molecule has 0 spiro atoms. The van der Waals surface area contributed by atoms with Crippen LogP contribution in [0.5, 0.6) is 0 Å². The van der Waals surface area contributed by atoms with Crippen molar-refractivity contribution in [2.45, 2.75) is 30.4 Å². The molecule has 2 aromatic rings. The number of aryl methyl sites for hydroxylation is 1. The van der Waals surface area contributed by atoms with Gasteiger partial charge in [0.1, 0.15) is 0 Å². The van der Waals surface area contributed by atoms with E-state index in [0.717, 1.165) is 28.6 Å². The first-order valence-electron chi connectivity index (χ1n) is 5.47. The largest absolute Gasteiger partial charge is 0.338 e. The van der Waals surface area contributed by atoms with Gasteiger partial charge in [-0.1, -0.05) is 23.7 Å². The summed E-state index contributed by atoms with van der Waals surface area (Å²) < 4.78 is 5.15. The molecule has 5 heteroatoms. The van der Waals surface area contributed by atoms with Gasteiger partial charge in [0, 0.05) is 16.3 Å². The summed E-state index contributed by atoms with van der Waals surface area (Å²) in [4.78, 5) is 5.45. The molecule has 0 N–H and O–H groups in total. The van der Waals surface area contributed by atoms with E-state index < -0.39 is 0 Å². The van der Waals surface area contributed by atoms with Gasteiger partial charge in [-0.05, 0) is 30.7 Å². The van der Waals surface area contributed by atoms with E-state index >= 15 is 0 Å². The monoisotopic (exact) mass is 268 g/mol. The molecule has 0 unspecified atom stereocenters. The Morgan fingerprint density at radius 3 is 2.76 bits per heavy atom. The van der Waals surface area contributed by atoms with Crippen LogP contribution in [-0.4, -0.2) is 10.1 Å². The third-order valence-electron chi connectivity index (χ3n) is 2.16. The Kier molecular flexibility index (Phi) is 4.45. The van der Waals surface area contributed by atoms with Crippen LogP contribution in [0.1, 0.15) is 25.1 Å². The lowest BCUT2D eigenvalue weighted by Gasteiger charge is -1.97. The number of thioether (sulfide) groups is 1. The van der Waals surface area contributed by atoms with Crippen molar-refractivity contribution >= 4 is 23.4 Å². The standard InChI is InChI=1S/C12H13ClN2OS/c1-2-3-11-14-12(16-15-11)8-17-10-6-4-9(13)5-7-10/h4-7H,2-3,8H2,1H3. The zero-order valence-corrected chi connectivity index (χ0v) is 11.1. The van der Waals surface area contributed by atoms with Gasteiger partial charge >= 0.3 is 0 Å². The van der Waals surface area contributed by atoms with E-state index in [2.05, 4.69) is 17.1 Å². The summed E-state index contributed by atoms with van der Waals surface area (Å²) in [6.45, 7) is 2.10. The highest BCUT2D eigenvalue weighted by molar-refractivity contribution is 7.98. The van der Waals surface area contributed by atoms with Gasteiger partial charge in [-0.15, -0.1) is 11.8 Å². The zero-order chi connectivity index (χ0) is 12.1. The third kappa shape index (κ3) is 3.75. The molecule has 1 aromatic carbocycles. The molecule has 0 fully saturated rings. The number of nitrogens with zero attached hydrogens (tertiary/aromatic N) is 2. The van der Waals surface area contributed by atoms with Crippen LogP contribution < -0.4 is 0 Å². The smallest absolute Gasteiger partial charge is 0.237 e. The summed E-state index contributed by atoms with van der Waals surface area (Å²) in [6, 6.07) is 7.72. The van der Waals surface area contributed by atoms with E-state index in [0.29, 0.717) is 11.6 Å². The summed E-state index contributed by atoms with van der Waals surface area (Å²) in [6.07, 6.45) is 1.90. The van der Waals surface area contributed by atoms with E-state index in [4.69, 9.17) is 16.1 Å². The van der Waals surface area contributed by atoms with Crippen molar-refractivity contribution in [3.63, 3.8) is 0 Å². The third-order valence-corrected chi connectivity index (χ3v) is 3.41. The second kappa shape index (κ2) is 6.07. The topological polar surface area (TPSA) is 38.9 Å². The molecule has 1 heterocycles. The van der Waals surface area contributed by atoms with Gasteiger partial charge in [-0.2, -0.15) is 4.98 Å². The van der Waals surface area contributed by atoms with Gasteiger partial charge in [-0.25, -0.2) is 0 Å². The van der Waals surface area contributed by atoms with Crippen LogP contribution in [0.4, 0.5) is 0 Å². The summed E-state index contributed by atoms with van der Waals surface area (Å²) in [5.74, 6) is 2.16. The van der Waals surface area contributed by atoms with Crippen molar-refractivity contribution in [2.24, 2.45) is 0 Å². The molecule has 0 radical (unpaired) electrons. The predicted octanol–water partition coefficient (Wildman–Crippen LogP) is 3.97. The summed E-state index contributed by atoms with van der Waals surface area (Å²) in [5.41, 5.74) is 0. The maximum atomic E-state index is 5.82. The SMILES string of the molecule is CCCc1noc(CSc2ccc(Cl)cc2)n1. The number of hydrogen-bond donors (Lipinski definition) is 0. The fraction of sp³-hybridized carbons (Fsp3) is 0.333. The Morgan fingerprint density at radius 1 is 1.29 bits per heavy atom. The quantitative estimate of drug-likeness (QED) is 0.769. The van der Waals surface area contributed by atoms with Crippen LogP contribution in [0.25, 0.3) is 0 Å². The minimum atomic E-state index is 0.674. The number of aromatic nitrogens is 2. The normalized spacial score (nSPS) is 10.7. The Balaban J connectivity index is 1.90. The van der Waals surface area contributed by atoms with Crippen molar-refractivity contribution in [3.8, 4) is 0 Å². The summed E-state index contributed by atoms with van der Waals surface area (Å²) in [5, 5.41) is 4.66. The molecule has 2 rings (SSSR count). The van der Waals surface area contributed by atoms with Crippen LogP contribution in [0.15, 0.2) is 33.7 Å². The molecule has 0 saturated heterocycles. The molecular formula is C12H13ClN2OS. The Morgan fingerprint density at radius 2 is 2.06 bits per heavy atom. The average Bonchev–Trinajstić information content (AvgIpc) is 2.77. The second-order valence-corrected chi connectivity index (χ2v) is 5.08. The predicted molar refractivity (Wildman–Crippen MR) is 69.3 cm³/mol. The van der Waals surface area contributed by atoms with Crippen LogP contribution in [0.3, 0.4) is 0 Å². The first-order valence-corrected chi connectivity index (χ1v) is 6.84. The lowest BCUT2D eigenvalue weighted by Crippen LogP contribution is -1.86. The highest BCUT2D eigenvalue weighted by Crippen LogP contribution is 2.23. The second-order valence-electron chi connectivity index (χ2n) is 3.60. The van der Waals surface area contributed by atoms with Crippen molar-refractivity contribution in [1.82, 2.24) is 10.1 Å². The van der Waals surface area contributed by atoms with Gasteiger partial charge in [0.2, 0.25) is 5.89 Å². The van der Waals surface area contributed by atoms with Crippen molar-refractivity contribution in [1.29, 1.82) is 0 Å². The van der Waals surface area contributed by atoms with E-state index in [1.807, 2.05) is 24.3 Å². The molecular weight excluding hydrogens is 256 g/mol.